The van der Waals surface area contributed by atoms with Crippen LogP contribution in [0, 0.1) is 0 Å². The highest BCUT2D eigenvalue weighted by atomic mass is 32.1. The smallest absolute Gasteiger partial charge is 0.159 e. The van der Waals surface area contributed by atoms with Crippen LogP contribution in [0.3, 0.4) is 0 Å². The number of para-hydroxylation sites is 2. The average Bonchev–Trinajstić information content (AvgIpc) is 3.83. The molecule has 0 fully saturated rings. The number of anilines is 3. The fourth-order valence-corrected chi connectivity index (χ4v) is 9.54. The zero-order valence-corrected chi connectivity index (χ0v) is 30.6. The van der Waals surface area contributed by atoms with Crippen molar-refractivity contribution in [2.24, 2.45) is 0 Å². The van der Waals surface area contributed by atoms with Crippen molar-refractivity contribution < 1.29 is 4.42 Å². The van der Waals surface area contributed by atoms with E-state index in [1.54, 1.807) is 0 Å². The van der Waals surface area contributed by atoms with Crippen LogP contribution in [0.25, 0.3) is 86.3 Å². The van der Waals surface area contributed by atoms with Crippen molar-refractivity contribution in [3.8, 4) is 33.4 Å². The number of furan rings is 1. The zero-order chi connectivity index (χ0) is 36.3. The highest BCUT2D eigenvalue weighted by molar-refractivity contribution is 7.26. The number of benzene rings is 9. The SMILES string of the molecule is c1ccc(-c2ccc(-c3cccc4ccccc34)cc2N(c2ccc(-c3cccc4c3sc3ccccc34)cc2)c2cccc3c2oc2ccccc23)cc1. The van der Waals surface area contributed by atoms with Gasteiger partial charge >= 0.3 is 0 Å². The summed E-state index contributed by atoms with van der Waals surface area (Å²) in [5, 5.41) is 7.27. The van der Waals surface area contributed by atoms with Crippen molar-refractivity contribution in [3.05, 3.63) is 200 Å². The second-order valence-corrected chi connectivity index (χ2v) is 15.1. The molecule has 55 heavy (non-hydrogen) atoms. The first kappa shape index (κ1) is 31.6. The number of nitrogens with zero attached hydrogens (tertiary/aromatic N) is 1. The van der Waals surface area contributed by atoms with Crippen molar-refractivity contribution in [3.63, 3.8) is 0 Å². The maximum atomic E-state index is 6.76. The van der Waals surface area contributed by atoms with Gasteiger partial charge in [-0.1, -0.05) is 164 Å². The maximum absolute atomic E-state index is 6.76. The molecule has 11 aromatic rings. The lowest BCUT2D eigenvalue weighted by Crippen LogP contribution is -2.12. The lowest BCUT2D eigenvalue weighted by molar-refractivity contribution is 0.669. The molecular formula is C52H33NOS. The van der Waals surface area contributed by atoms with E-state index in [1.807, 2.05) is 17.4 Å². The molecule has 258 valence electrons. The van der Waals surface area contributed by atoms with Crippen LogP contribution in [0.5, 0.6) is 0 Å². The summed E-state index contributed by atoms with van der Waals surface area (Å²) in [6, 6.07) is 72.2. The molecule has 0 bridgehead atoms. The molecule has 2 heterocycles. The Bertz CT molecular complexity index is 3200. The standard InChI is InChI=1S/C52H33NOS/c1-2-13-35(14-3-1)41-32-29-37(40-20-10-16-34-15-4-5-17-39(34)40)33-48(41)53(47-24-12-22-45-43-18-6-8-25-49(43)54-51(45)47)38-30-27-36(28-31-38)42-21-11-23-46-44-19-7-9-26-50(44)55-52(42)46/h1-33H. The van der Waals surface area contributed by atoms with E-state index in [9.17, 15) is 0 Å². The van der Waals surface area contributed by atoms with E-state index in [0.717, 1.165) is 55.7 Å². The summed E-state index contributed by atoms with van der Waals surface area (Å²) in [6.45, 7) is 0. The highest BCUT2D eigenvalue weighted by Gasteiger charge is 2.23. The van der Waals surface area contributed by atoms with Gasteiger partial charge in [-0.25, -0.2) is 0 Å². The summed E-state index contributed by atoms with van der Waals surface area (Å²) < 4.78 is 9.38. The van der Waals surface area contributed by atoms with E-state index in [4.69, 9.17) is 4.42 Å². The van der Waals surface area contributed by atoms with Gasteiger partial charge in [0.15, 0.2) is 5.58 Å². The molecular weight excluding hydrogens is 687 g/mol. The second-order valence-electron chi connectivity index (χ2n) is 14.0. The van der Waals surface area contributed by atoms with Crippen molar-refractivity contribution in [1.82, 2.24) is 0 Å². The van der Waals surface area contributed by atoms with E-state index in [2.05, 4.69) is 199 Å². The van der Waals surface area contributed by atoms with Crippen LogP contribution < -0.4 is 4.90 Å². The average molecular weight is 720 g/mol. The number of thiophene rings is 1. The Morgan fingerprint density at radius 2 is 1.02 bits per heavy atom. The Labute approximate surface area is 322 Å². The van der Waals surface area contributed by atoms with Gasteiger partial charge in [-0.3, -0.25) is 0 Å². The highest BCUT2D eigenvalue weighted by Crippen LogP contribution is 2.48. The third-order valence-corrected chi connectivity index (χ3v) is 12.1. The molecule has 11 rings (SSSR count). The molecule has 0 saturated heterocycles. The predicted octanol–water partition coefficient (Wildman–Crippen LogP) is 15.6. The van der Waals surface area contributed by atoms with Gasteiger partial charge < -0.3 is 9.32 Å². The molecule has 0 radical (unpaired) electrons. The molecule has 9 aromatic carbocycles. The van der Waals surface area contributed by atoms with Crippen LogP contribution >= 0.6 is 11.3 Å². The number of hydrogen-bond donors (Lipinski definition) is 0. The Hall–Kier alpha value is -6.94. The monoisotopic (exact) mass is 719 g/mol. The fourth-order valence-electron chi connectivity index (χ4n) is 8.30. The molecule has 0 unspecified atom stereocenters. The number of rotatable bonds is 6. The number of hydrogen-bond acceptors (Lipinski definition) is 3. The molecule has 0 atom stereocenters. The third kappa shape index (κ3) is 5.24. The van der Waals surface area contributed by atoms with Gasteiger partial charge in [0, 0.05) is 42.2 Å². The topological polar surface area (TPSA) is 16.4 Å². The lowest BCUT2D eigenvalue weighted by atomic mass is 9.94. The third-order valence-electron chi connectivity index (χ3n) is 10.9. The van der Waals surface area contributed by atoms with Crippen molar-refractivity contribution in [2.75, 3.05) is 4.90 Å². The van der Waals surface area contributed by atoms with Crippen LogP contribution in [-0.4, -0.2) is 0 Å². The quantitative estimate of drug-likeness (QED) is 0.170. The number of fused-ring (bicyclic) bond motifs is 7. The molecule has 2 aromatic heterocycles. The zero-order valence-electron chi connectivity index (χ0n) is 29.8. The molecule has 0 N–H and O–H groups in total. The van der Waals surface area contributed by atoms with Gasteiger partial charge in [-0.15, -0.1) is 11.3 Å². The maximum Gasteiger partial charge on any atom is 0.159 e. The summed E-state index contributed by atoms with van der Waals surface area (Å²) in [4.78, 5) is 2.39. The van der Waals surface area contributed by atoms with Crippen LogP contribution in [0.1, 0.15) is 0 Å². The van der Waals surface area contributed by atoms with E-state index in [-0.39, 0.29) is 0 Å². The summed E-state index contributed by atoms with van der Waals surface area (Å²) in [6.07, 6.45) is 0. The molecule has 0 aliphatic rings. The second kappa shape index (κ2) is 12.9. The molecule has 0 saturated carbocycles. The van der Waals surface area contributed by atoms with Gasteiger partial charge in [0.2, 0.25) is 0 Å². The molecule has 0 amide bonds. The van der Waals surface area contributed by atoms with Crippen LogP contribution in [0.15, 0.2) is 205 Å². The molecule has 0 spiro atoms. The molecule has 0 aliphatic carbocycles. The molecule has 2 nitrogen and oxygen atoms in total. The van der Waals surface area contributed by atoms with Crippen LogP contribution in [0.2, 0.25) is 0 Å². The van der Waals surface area contributed by atoms with E-state index in [0.29, 0.717) is 0 Å². The first-order valence-electron chi connectivity index (χ1n) is 18.7. The summed E-state index contributed by atoms with van der Waals surface area (Å²) in [7, 11) is 0. The normalized spacial score (nSPS) is 11.6. The van der Waals surface area contributed by atoms with Gasteiger partial charge in [0.05, 0.1) is 11.4 Å². The van der Waals surface area contributed by atoms with Gasteiger partial charge in [0.1, 0.15) is 5.58 Å². The first-order valence-corrected chi connectivity index (χ1v) is 19.5. The Morgan fingerprint density at radius 3 is 1.91 bits per heavy atom. The van der Waals surface area contributed by atoms with E-state index >= 15 is 0 Å². The largest absolute Gasteiger partial charge is 0.454 e. The van der Waals surface area contributed by atoms with Gasteiger partial charge in [-0.05, 0) is 75.0 Å². The lowest BCUT2D eigenvalue weighted by Gasteiger charge is -2.29. The Kier molecular flexibility index (Phi) is 7.39. The summed E-state index contributed by atoms with van der Waals surface area (Å²) in [5.74, 6) is 0. The minimum atomic E-state index is 0.859. The Balaban J connectivity index is 1.16. The van der Waals surface area contributed by atoms with E-state index in [1.165, 1.54) is 47.6 Å². The first-order chi connectivity index (χ1) is 27.3. The minimum absolute atomic E-state index is 0.859. The van der Waals surface area contributed by atoms with Crippen LogP contribution in [-0.2, 0) is 0 Å². The van der Waals surface area contributed by atoms with Crippen molar-refractivity contribution >= 4 is 81.3 Å². The molecule has 0 aliphatic heterocycles. The summed E-state index contributed by atoms with van der Waals surface area (Å²) in [5.41, 5.74) is 11.9. The van der Waals surface area contributed by atoms with Crippen LogP contribution in [0.4, 0.5) is 17.1 Å². The Morgan fingerprint density at radius 1 is 0.382 bits per heavy atom. The predicted molar refractivity (Wildman–Crippen MR) is 235 cm³/mol. The van der Waals surface area contributed by atoms with Crippen molar-refractivity contribution in [1.29, 1.82) is 0 Å². The fraction of sp³-hybridized carbons (Fsp3) is 0. The van der Waals surface area contributed by atoms with Gasteiger partial charge in [0.25, 0.3) is 0 Å². The van der Waals surface area contributed by atoms with Gasteiger partial charge in [-0.2, -0.15) is 0 Å². The minimum Gasteiger partial charge on any atom is -0.454 e. The van der Waals surface area contributed by atoms with Crippen molar-refractivity contribution in [2.45, 2.75) is 0 Å². The molecule has 3 heteroatoms. The summed E-state index contributed by atoms with van der Waals surface area (Å²) >= 11 is 1.87. The van der Waals surface area contributed by atoms with E-state index < -0.39 is 0 Å².